The highest BCUT2D eigenvalue weighted by molar-refractivity contribution is 5.94. The van der Waals surface area contributed by atoms with Crippen molar-refractivity contribution in [3.63, 3.8) is 0 Å². The summed E-state index contributed by atoms with van der Waals surface area (Å²) in [7, 11) is 3.18. The molecule has 1 aliphatic rings. The smallest absolute Gasteiger partial charge is 0.253 e. The minimum absolute atomic E-state index is 0.0180. The van der Waals surface area contributed by atoms with Gasteiger partial charge >= 0.3 is 0 Å². The van der Waals surface area contributed by atoms with Crippen LogP contribution in [0, 0.1) is 18.7 Å². The van der Waals surface area contributed by atoms with E-state index >= 15 is 0 Å². The first kappa shape index (κ1) is 22.6. The summed E-state index contributed by atoms with van der Waals surface area (Å²) in [5.74, 6) is 0.604. The highest BCUT2D eigenvalue weighted by Crippen LogP contribution is 2.33. The van der Waals surface area contributed by atoms with Crippen molar-refractivity contribution in [2.24, 2.45) is 5.92 Å². The second-order valence-corrected chi connectivity index (χ2v) is 7.87. The van der Waals surface area contributed by atoms with Crippen LogP contribution in [0.2, 0.25) is 0 Å². The van der Waals surface area contributed by atoms with E-state index in [1.54, 1.807) is 19.1 Å². The van der Waals surface area contributed by atoms with Gasteiger partial charge in [0.05, 0.1) is 20.3 Å². The number of halogens is 1. The number of carbonyl (C=O) groups excluding carboxylic acids is 2. The number of hydrogen-bond acceptors (Lipinski definition) is 4. The molecule has 1 atom stereocenters. The number of nitrogens with one attached hydrogen (secondary N) is 1. The number of nitrogens with zero attached hydrogens (tertiary/aromatic N) is 1. The zero-order valence-corrected chi connectivity index (χ0v) is 18.4. The Morgan fingerprint density at radius 1 is 1.06 bits per heavy atom. The normalized spacial score (nSPS) is 15.3. The number of hydrogen-bond donors (Lipinski definition) is 1. The van der Waals surface area contributed by atoms with Gasteiger partial charge in [0.1, 0.15) is 5.82 Å². The average Bonchev–Trinajstić information content (AvgIpc) is 2.78. The van der Waals surface area contributed by atoms with E-state index in [2.05, 4.69) is 5.32 Å². The predicted molar refractivity (Wildman–Crippen MR) is 116 cm³/mol. The molecule has 1 fully saturated rings. The van der Waals surface area contributed by atoms with Crippen LogP contribution in [0.5, 0.6) is 11.5 Å². The van der Waals surface area contributed by atoms with Crippen LogP contribution in [0.15, 0.2) is 36.4 Å². The maximum Gasteiger partial charge on any atom is 0.253 e. The van der Waals surface area contributed by atoms with Crippen LogP contribution < -0.4 is 14.8 Å². The molecule has 2 amide bonds. The summed E-state index contributed by atoms with van der Waals surface area (Å²) in [4.78, 5) is 27.1. The molecule has 0 aliphatic carbocycles. The molecule has 0 bridgehead atoms. The summed E-state index contributed by atoms with van der Waals surface area (Å²) in [6.07, 6.45) is 1.19. The molecule has 2 aromatic rings. The van der Waals surface area contributed by atoms with Gasteiger partial charge in [-0.3, -0.25) is 9.59 Å². The second kappa shape index (κ2) is 9.81. The van der Waals surface area contributed by atoms with Crippen LogP contribution in [0.25, 0.3) is 0 Å². The Morgan fingerprint density at radius 3 is 2.23 bits per heavy atom. The number of methoxy groups -OCH3 is 2. The van der Waals surface area contributed by atoms with E-state index in [9.17, 15) is 14.0 Å². The van der Waals surface area contributed by atoms with Gasteiger partial charge in [-0.2, -0.15) is 0 Å². The van der Waals surface area contributed by atoms with E-state index in [0.717, 1.165) is 11.1 Å². The Hall–Kier alpha value is -3.09. The van der Waals surface area contributed by atoms with E-state index in [0.29, 0.717) is 43.0 Å². The van der Waals surface area contributed by atoms with E-state index < -0.39 is 0 Å². The molecular weight excluding hydrogens is 399 g/mol. The third-order valence-corrected chi connectivity index (χ3v) is 5.84. The van der Waals surface area contributed by atoms with E-state index in [-0.39, 0.29) is 29.6 Å². The molecule has 0 radical (unpaired) electrons. The molecule has 1 saturated heterocycles. The fourth-order valence-electron chi connectivity index (χ4n) is 3.99. The molecule has 0 spiro atoms. The van der Waals surface area contributed by atoms with E-state index in [4.69, 9.17) is 9.47 Å². The Bertz CT molecular complexity index is 937. The number of likely N-dealkylation sites (tertiary alicyclic amines) is 1. The van der Waals surface area contributed by atoms with Crippen molar-refractivity contribution in [3.8, 4) is 11.5 Å². The molecule has 2 aromatic carbocycles. The van der Waals surface area contributed by atoms with Gasteiger partial charge in [-0.1, -0.05) is 0 Å². The molecule has 1 heterocycles. The van der Waals surface area contributed by atoms with Crippen LogP contribution in [-0.2, 0) is 4.79 Å². The highest BCUT2D eigenvalue weighted by atomic mass is 19.1. The minimum atomic E-state index is -0.370. The molecule has 1 aliphatic heterocycles. The van der Waals surface area contributed by atoms with Crippen molar-refractivity contribution >= 4 is 11.8 Å². The zero-order valence-electron chi connectivity index (χ0n) is 18.4. The van der Waals surface area contributed by atoms with Crippen LogP contribution in [-0.4, -0.2) is 44.0 Å². The van der Waals surface area contributed by atoms with Gasteiger partial charge in [-0.25, -0.2) is 4.39 Å². The largest absolute Gasteiger partial charge is 0.493 e. The van der Waals surface area contributed by atoms with Gasteiger partial charge in [0.25, 0.3) is 5.91 Å². The Balaban J connectivity index is 1.58. The number of carbonyl (C=O) groups is 2. The lowest BCUT2D eigenvalue weighted by Crippen LogP contribution is -2.43. The lowest BCUT2D eigenvalue weighted by Gasteiger charge is -2.32. The molecule has 166 valence electrons. The highest BCUT2D eigenvalue weighted by Gasteiger charge is 2.29. The van der Waals surface area contributed by atoms with Crippen molar-refractivity contribution in [1.29, 1.82) is 0 Å². The molecule has 3 rings (SSSR count). The van der Waals surface area contributed by atoms with E-state index in [1.165, 1.54) is 24.3 Å². The topological polar surface area (TPSA) is 67.9 Å². The molecule has 1 N–H and O–H groups in total. The van der Waals surface area contributed by atoms with Crippen molar-refractivity contribution < 1.29 is 23.5 Å². The molecule has 0 saturated carbocycles. The lowest BCUT2D eigenvalue weighted by atomic mass is 9.94. The quantitative estimate of drug-likeness (QED) is 0.758. The molecule has 0 aromatic heterocycles. The second-order valence-electron chi connectivity index (χ2n) is 7.87. The third-order valence-electron chi connectivity index (χ3n) is 5.84. The van der Waals surface area contributed by atoms with Crippen molar-refractivity contribution in [2.75, 3.05) is 27.3 Å². The fraction of sp³-hybridized carbons (Fsp3) is 0.417. The third kappa shape index (κ3) is 5.16. The summed E-state index contributed by atoms with van der Waals surface area (Å²) >= 11 is 0. The number of benzene rings is 2. The van der Waals surface area contributed by atoms with Crippen molar-refractivity contribution in [2.45, 2.75) is 32.7 Å². The predicted octanol–water partition coefficient (Wildman–Crippen LogP) is 3.88. The van der Waals surface area contributed by atoms with Crippen LogP contribution >= 0.6 is 0 Å². The first-order valence-corrected chi connectivity index (χ1v) is 10.4. The van der Waals surface area contributed by atoms with E-state index in [1.807, 2.05) is 26.0 Å². The minimum Gasteiger partial charge on any atom is -0.493 e. The molecule has 7 heteroatoms. The standard InChI is InChI=1S/C24H29FN2O4/c1-15-13-21(30-3)22(31-4)14-20(15)16(2)26-23(28)17-9-11-27(12-10-17)24(29)18-5-7-19(25)8-6-18/h5-8,13-14,16-17H,9-12H2,1-4H3,(H,26,28). The van der Waals surface area contributed by atoms with Gasteiger partial charge in [0.2, 0.25) is 5.91 Å². The number of ether oxygens (including phenoxy) is 2. The summed E-state index contributed by atoms with van der Waals surface area (Å²) in [5, 5.41) is 3.10. The number of amides is 2. The van der Waals surface area contributed by atoms with Crippen LogP contribution in [0.1, 0.15) is 47.3 Å². The first-order chi connectivity index (χ1) is 14.8. The molecule has 6 nitrogen and oxygen atoms in total. The van der Waals surface area contributed by atoms with Gasteiger partial charge in [0.15, 0.2) is 11.5 Å². The summed E-state index contributed by atoms with van der Waals surface area (Å²) < 4.78 is 23.8. The van der Waals surface area contributed by atoms with Crippen molar-refractivity contribution in [3.05, 3.63) is 58.9 Å². The fourth-order valence-corrected chi connectivity index (χ4v) is 3.99. The zero-order chi connectivity index (χ0) is 22.5. The summed E-state index contributed by atoms with van der Waals surface area (Å²) in [5.41, 5.74) is 2.43. The lowest BCUT2D eigenvalue weighted by molar-refractivity contribution is -0.127. The number of aryl methyl sites for hydroxylation is 1. The number of piperidine rings is 1. The molecular formula is C24H29FN2O4. The SMILES string of the molecule is COc1cc(C)c(C(C)NC(=O)C2CCN(C(=O)c3ccc(F)cc3)CC2)cc1OC. The summed E-state index contributed by atoms with van der Waals surface area (Å²) in [6, 6.07) is 9.15. The summed E-state index contributed by atoms with van der Waals surface area (Å²) in [6.45, 7) is 4.91. The molecule has 1 unspecified atom stereocenters. The average molecular weight is 429 g/mol. The molecule has 31 heavy (non-hydrogen) atoms. The Kier molecular flexibility index (Phi) is 7.15. The Labute approximate surface area is 182 Å². The first-order valence-electron chi connectivity index (χ1n) is 10.4. The van der Waals surface area contributed by atoms with Crippen LogP contribution in [0.3, 0.4) is 0 Å². The van der Waals surface area contributed by atoms with Gasteiger partial charge in [-0.15, -0.1) is 0 Å². The van der Waals surface area contributed by atoms with Gasteiger partial charge < -0.3 is 19.7 Å². The van der Waals surface area contributed by atoms with Gasteiger partial charge in [-0.05, 0) is 74.2 Å². The maximum absolute atomic E-state index is 13.1. The number of rotatable bonds is 6. The van der Waals surface area contributed by atoms with Crippen LogP contribution in [0.4, 0.5) is 4.39 Å². The van der Waals surface area contributed by atoms with Gasteiger partial charge in [0, 0.05) is 24.6 Å². The Morgan fingerprint density at radius 2 is 1.65 bits per heavy atom. The maximum atomic E-state index is 13.1. The van der Waals surface area contributed by atoms with Crippen molar-refractivity contribution in [1.82, 2.24) is 10.2 Å². The monoisotopic (exact) mass is 428 g/mol.